The first-order chi connectivity index (χ1) is 8.13. The van der Waals surface area contributed by atoms with E-state index in [4.69, 9.17) is 5.73 Å². The van der Waals surface area contributed by atoms with Crippen LogP contribution in [0, 0.1) is 5.41 Å². The van der Waals surface area contributed by atoms with E-state index in [1.807, 2.05) is 24.3 Å². The number of amides is 1. The van der Waals surface area contributed by atoms with Gasteiger partial charge in [-0.3, -0.25) is 4.79 Å². The molecule has 0 unspecified atom stereocenters. The van der Waals surface area contributed by atoms with Crippen LogP contribution < -0.4 is 11.1 Å². The molecule has 1 saturated carbocycles. The molecule has 3 nitrogen and oxygen atoms in total. The molecule has 1 amide bonds. The molecule has 2 rings (SSSR count). The van der Waals surface area contributed by atoms with Gasteiger partial charge in [0.25, 0.3) is 5.91 Å². The summed E-state index contributed by atoms with van der Waals surface area (Å²) in [6.45, 7) is 3.61. The summed E-state index contributed by atoms with van der Waals surface area (Å²) in [5, 5.41) is 3.00. The highest BCUT2D eigenvalue weighted by Crippen LogP contribution is 2.44. The summed E-state index contributed by atoms with van der Waals surface area (Å²) in [5.74, 6) is 0.0250. The van der Waals surface area contributed by atoms with Gasteiger partial charge in [-0.2, -0.15) is 0 Å². The Balaban J connectivity index is 1.95. The fraction of sp³-hybridized carbons (Fsp3) is 0.500. The van der Waals surface area contributed by atoms with Crippen LogP contribution in [0.2, 0.25) is 0 Å². The van der Waals surface area contributed by atoms with Crippen molar-refractivity contribution in [2.45, 2.75) is 26.2 Å². The normalized spacial score (nSPS) is 16.6. The molecule has 0 saturated heterocycles. The molecule has 1 aliphatic rings. The van der Waals surface area contributed by atoms with Crippen LogP contribution in [0.5, 0.6) is 0 Å². The van der Waals surface area contributed by atoms with E-state index in [2.05, 4.69) is 12.2 Å². The highest BCUT2D eigenvalue weighted by Gasteiger charge is 2.37. The minimum absolute atomic E-state index is 0.0250. The molecule has 3 heteroatoms. The molecule has 0 aliphatic heterocycles. The number of hydrogen-bond donors (Lipinski definition) is 2. The molecule has 3 N–H and O–H groups in total. The molecule has 0 atom stereocenters. The van der Waals surface area contributed by atoms with E-state index in [0.29, 0.717) is 12.0 Å². The van der Waals surface area contributed by atoms with Gasteiger partial charge in [-0.25, -0.2) is 0 Å². The van der Waals surface area contributed by atoms with E-state index >= 15 is 0 Å². The minimum Gasteiger partial charge on any atom is -0.351 e. The predicted molar refractivity (Wildman–Crippen MR) is 68.9 cm³/mol. The Morgan fingerprint density at radius 3 is 2.88 bits per heavy atom. The van der Waals surface area contributed by atoms with Crippen molar-refractivity contribution in [1.82, 2.24) is 5.32 Å². The third-order valence-corrected chi connectivity index (χ3v) is 3.40. The van der Waals surface area contributed by atoms with Gasteiger partial charge in [0.1, 0.15) is 0 Å². The molecule has 1 aliphatic carbocycles. The third kappa shape index (κ3) is 3.30. The van der Waals surface area contributed by atoms with E-state index in [1.165, 1.54) is 12.8 Å². The van der Waals surface area contributed by atoms with Crippen LogP contribution in [0.15, 0.2) is 24.3 Å². The minimum atomic E-state index is 0.0250. The molecular formula is C14H20N2O. The fourth-order valence-electron chi connectivity index (χ4n) is 1.82. The molecule has 0 spiro atoms. The van der Waals surface area contributed by atoms with E-state index in [0.717, 1.165) is 24.1 Å². The summed E-state index contributed by atoms with van der Waals surface area (Å²) in [5.41, 5.74) is 7.72. The fourth-order valence-corrected chi connectivity index (χ4v) is 1.82. The van der Waals surface area contributed by atoms with E-state index in [-0.39, 0.29) is 5.91 Å². The van der Waals surface area contributed by atoms with E-state index < -0.39 is 0 Å². The van der Waals surface area contributed by atoms with Crippen molar-refractivity contribution in [2.24, 2.45) is 11.1 Å². The average Bonchev–Trinajstić information content (AvgIpc) is 3.06. The van der Waals surface area contributed by atoms with Crippen molar-refractivity contribution in [3.63, 3.8) is 0 Å². The van der Waals surface area contributed by atoms with Gasteiger partial charge < -0.3 is 11.1 Å². The second kappa shape index (κ2) is 4.88. The number of carbonyl (C=O) groups excluding carboxylic acids is 1. The number of nitrogens with two attached hydrogens (primary N) is 1. The maximum absolute atomic E-state index is 11.9. The summed E-state index contributed by atoms with van der Waals surface area (Å²) in [4.78, 5) is 11.9. The molecule has 1 aromatic rings. The lowest BCUT2D eigenvalue weighted by atomic mass is 10.1. The Labute approximate surface area is 102 Å². The summed E-state index contributed by atoms with van der Waals surface area (Å²) in [7, 11) is 0. The topological polar surface area (TPSA) is 55.1 Å². The lowest BCUT2D eigenvalue weighted by Crippen LogP contribution is -2.29. The molecule has 0 aromatic heterocycles. The van der Waals surface area contributed by atoms with Gasteiger partial charge >= 0.3 is 0 Å². The molecule has 1 fully saturated rings. The Kier molecular flexibility index (Phi) is 3.48. The second-order valence-electron chi connectivity index (χ2n) is 5.23. The van der Waals surface area contributed by atoms with Gasteiger partial charge in [0, 0.05) is 12.1 Å². The number of benzene rings is 1. The molecule has 17 heavy (non-hydrogen) atoms. The zero-order chi connectivity index (χ0) is 12.3. The first kappa shape index (κ1) is 12.1. The summed E-state index contributed by atoms with van der Waals surface area (Å²) in [6.07, 6.45) is 3.26. The van der Waals surface area contributed by atoms with E-state index in [1.54, 1.807) is 0 Å². The van der Waals surface area contributed by atoms with Gasteiger partial charge in [-0.1, -0.05) is 19.1 Å². The van der Waals surface area contributed by atoms with Gasteiger partial charge in [0.05, 0.1) is 0 Å². The van der Waals surface area contributed by atoms with Crippen LogP contribution in [0.25, 0.3) is 0 Å². The number of nitrogens with one attached hydrogen (secondary N) is 1. The van der Waals surface area contributed by atoms with Crippen molar-refractivity contribution < 1.29 is 4.79 Å². The average molecular weight is 232 g/mol. The van der Waals surface area contributed by atoms with Crippen LogP contribution in [-0.4, -0.2) is 19.0 Å². The third-order valence-electron chi connectivity index (χ3n) is 3.40. The zero-order valence-corrected chi connectivity index (χ0v) is 10.3. The van der Waals surface area contributed by atoms with Crippen molar-refractivity contribution in [2.75, 3.05) is 13.1 Å². The Hall–Kier alpha value is -1.35. The van der Waals surface area contributed by atoms with Crippen molar-refractivity contribution in [1.29, 1.82) is 0 Å². The van der Waals surface area contributed by atoms with Crippen LogP contribution in [0.1, 0.15) is 35.7 Å². The molecule has 0 heterocycles. The van der Waals surface area contributed by atoms with Crippen molar-refractivity contribution >= 4 is 5.91 Å². The first-order valence-electron chi connectivity index (χ1n) is 6.20. The van der Waals surface area contributed by atoms with Gasteiger partial charge in [0.15, 0.2) is 0 Å². The molecule has 92 valence electrons. The van der Waals surface area contributed by atoms with Crippen molar-refractivity contribution in [3.8, 4) is 0 Å². The molecule has 0 bridgehead atoms. The highest BCUT2D eigenvalue weighted by atomic mass is 16.1. The largest absolute Gasteiger partial charge is 0.351 e. The maximum Gasteiger partial charge on any atom is 0.251 e. The first-order valence-corrected chi connectivity index (χ1v) is 6.20. The van der Waals surface area contributed by atoms with Crippen LogP contribution >= 0.6 is 0 Å². The Bertz CT molecular complexity index is 410. The molecule has 0 radical (unpaired) electrons. The zero-order valence-electron chi connectivity index (χ0n) is 10.3. The predicted octanol–water partition coefficient (Wildman–Crippen LogP) is 1.72. The van der Waals surface area contributed by atoms with E-state index in [9.17, 15) is 4.79 Å². The van der Waals surface area contributed by atoms with Crippen LogP contribution in [0.3, 0.4) is 0 Å². The summed E-state index contributed by atoms with van der Waals surface area (Å²) in [6, 6.07) is 7.70. The monoisotopic (exact) mass is 232 g/mol. The number of hydrogen-bond acceptors (Lipinski definition) is 2. The summed E-state index contributed by atoms with van der Waals surface area (Å²) < 4.78 is 0. The van der Waals surface area contributed by atoms with Crippen LogP contribution in [-0.2, 0) is 6.42 Å². The SMILES string of the molecule is CC1(CNC(=O)c2cccc(CCN)c2)CC1. The van der Waals surface area contributed by atoms with Gasteiger partial charge in [-0.15, -0.1) is 0 Å². The van der Waals surface area contributed by atoms with Crippen molar-refractivity contribution in [3.05, 3.63) is 35.4 Å². The maximum atomic E-state index is 11.9. The lowest BCUT2D eigenvalue weighted by molar-refractivity contribution is 0.0946. The second-order valence-corrected chi connectivity index (χ2v) is 5.23. The van der Waals surface area contributed by atoms with Gasteiger partial charge in [-0.05, 0) is 48.9 Å². The lowest BCUT2D eigenvalue weighted by Gasteiger charge is -2.10. The standard InChI is InChI=1S/C14H20N2O/c1-14(6-7-14)10-16-13(17)12-4-2-3-11(9-12)5-8-15/h2-4,9H,5-8,10,15H2,1H3,(H,16,17). The number of rotatable bonds is 5. The van der Waals surface area contributed by atoms with Gasteiger partial charge in [0.2, 0.25) is 0 Å². The number of carbonyl (C=O) groups is 1. The molecular weight excluding hydrogens is 212 g/mol. The Morgan fingerprint density at radius 1 is 1.47 bits per heavy atom. The highest BCUT2D eigenvalue weighted by molar-refractivity contribution is 5.94. The summed E-state index contributed by atoms with van der Waals surface area (Å²) >= 11 is 0. The smallest absolute Gasteiger partial charge is 0.251 e. The van der Waals surface area contributed by atoms with Crippen LogP contribution in [0.4, 0.5) is 0 Å². The molecule has 1 aromatic carbocycles. The quantitative estimate of drug-likeness (QED) is 0.812. The Morgan fingerprint density at radius 2 is 2.24 bits per heavy atom.